The maximum atomic E-state index is 13.5. The highest BCUT2D eigenvalue weighted by Crippen LogP contribution is 2.25. The number of nitrogens with one attached hydrogen (secondary N) is 1. The minimum Gasteiger partial charge on any atom is -1.00 e. The molecule has 2 aromatic rings. The highest BCUT2D eigenvalue weighted by atomic mass is 35.5. The Morgan fingerprint density at radius 2 is 1.73 bits per heavy atom. The number of amides is 2. The van der Waals surface area contributed by atoms with Gasteiger partial charge in [-0.2, -0.15) is 0 Å². The van der Waals surface area contributed by atoms with Gasteiger partial charge in [-0.3, -0.25) is 9.59 Å². The monoisotopic (exact) mass is 472 g/mol. The number of benzene rings is 2. The number of hydrogen-bond acceptors (Lipinski definition) is 5. The molecule has 1 aliphatic heterocycles. The Labute approximate surface area is 201 Å². The van der Waals surface area contributed by atoms with Gasteiger partial charge in [0.05, 0.1) is 5.54 Å². The second-order valence-electron chi connectivity index (χ2n) is 8.37. The van der Waals surface area contributed by atoms with Crippen LogP contribution in [0.25, 0.3) is 0 Å². The molecular formula is C25H31ClN3O4-. The second-order valence-corrected chi connectivity index (χ2v) is 8.37. The number of ether oxygens (including phenoxy) is 1. The van der Waals surface area contributed by atoms with Gasteiger partial charge in [0.15, 0.2) is 0 Å². The molecule has 1 heterocycles. The van der Waals surface area contributed by atoms with E-state index in [0.29, 0.717) is 31.4 Å². The van der Waals surface area contributed by atoms with Crippen LogP contribution in [0.2, 0.25) is 0 Å². The van der Waals surface area contributed by atoms with Gasteiger partial charge in [-0.15, -0.1) is 0 Å². The predicted octanol–water partition coefficient (Wildman–Crippen LogP) is -0.290. The summed E-state index contributed by atoms with van der Waals surface area (Å²) in [6, 6.07) is 16.8. The molecule has 2 aromatic carbocycles. The molecule has 8 heteroatoms. The number of rotatable bonds is 8. The molecule has 3 N–H and O–H groups in total. The summed E-state index contributed by atoms with van der Waals surface area (Å²) in [5.74, 6) is -1.18. The topological polar surface area (TPSA) is 102 Å². The van der Waals surface area contributed by atoms with E-state index in [1.54, 1.807) is 31.2 Å². The van der Waals surface area contributed by atoms with Crippen molar-refractivity contribution in [2.24, 2.45) is 5.73 Å². The van der Waals surface area contributed by atoms with Crippen molar-refractivity contribution >= 4 is 17.8 Å². The van der Waals surface area contributed by atoms with Crippen LogP contribution in [0.4, 0.5) is 0 Å². The molecule has 0 spiro atoms. The van der Waals surface area contributed by atoms with E-state index in [1.165, 1.54) is 4.90 Å². The number of nitrogens with two attached hydrogens (primary N) is 1. The SMILES string of the molecule is CC[C@](C)(N)C(=O)N[C@H](C(=O)N1CCC[C@@H]1C(=O)OCc1ccccc1)c1ccccc1.[Cl-]. The van der Waals surface area contributed by atoms with Crippen LogP contribution in [0.5, 0.6) is 0 Å². The number of carbonyl (C=O) groups excluding carboxylic acids is 3. The maximum Gasteiger partial charge on any atom is 0.329 e. The van der Waals surface area contributed by atoms with Gasteiger partial charge >= 0.3 is 5.97 Å². The highest BCUT2D eigenvalue weighted by Gasteiger charge is 2.40. The van der Waals surface area contributed by atoms with Crippen molar-refractivity contribution in [2.45, 2.75) is 57.3 Å². The van der Waals surface area contributed by atoms with E-state index in [0.717, 1.165) is 5.56 Å². The standard InChI is InChI=1S/C25H31N3O4.ClH/c1-3-25(2,26)24(31)27-21(19-13-8-5-9-14-19)22(29)28-16-10-15-20(28)23(30)32-17-18-11-6-4-7-12-18;/h4-9,11-14,20-21H,3,10,15-17,26H2,1-2H3,(H,27,31);1H/p-1/t20-,21+,25+;/m1./s1. The van der Waals surface area contributed by atoms with Crippen molar-refractivity contribution in [2.75, 3.05) is 6.54 Å². The lowest BCUT2D eigenvalue weighted by Gasteiger charge is -2.31. The van der Waals surface area contributed by atoms with E-state index < -0.39 is 29.5 Å². The predicted molar refractivity (Wildman–Crippen MR) is 121 cm³/mol. The number of carbonyl (C=O) groups is 3. The van der Waals surface area contributed by atoms with Gasteiger partial charge in [0, 0.05) is 6.54 Å². The van der Waals surface area contributed by atoms with E-state index in [4.69, 9.17) is 10.5 Å². The zero-order valence-corrected chi connectivity index (χ0v) is 19.8. The Hall–Kier alpha value is -2.90. The van der Waals surface area contributed by atoms with E-state index in [9.17, 15) is 14.4 Å². The summed E-state index contributed by atoms with van der Waals surface area (Å²) < 4.78 is 5.49. The van der Waals surface area contributed by atoms with Crippen LogP contribution < -0.4 is 23.5 Å². The first-order valence-corrected chi connectivity index (χ1v) is 11.0. The molecule has 0 radical (unpaired) electrons. The zero-order chi connectivity index (χ0) is 23.1. The van der Waals surface area contributed by atoms with Crippen LogP contribution in [0, 0.1) is 0 Å². The Morgan fingerprint density at radius 1 is 1.12 bits per heavy atom. The highest BCUT2D eigenvalue weighted by molar-refractivity contribution is 5.94. The van der Waals surface area contributed by atoms with Crippen LogP contribution in [0.1, 0.15) is 50.3 Å². The fourth-order valence-corrected chi connectivity index (χ4v) is 3.66. The van der Waals surface area contributed by atoms with Crippen molar-refractivity contribution < 1.29 is 31.5 Å². The summed E-state index contributed by atoms with van der Waals surface area (Å²) >= 11 is 0. The number of likely N-dealkylation sites (tertiary alicyclic amines) is 1. The third-order valence-electron chi connectivity index (χ3n) is 5.94. The van der Waals surface area contributed by atoms with Crippen molar-refractivity contribution in [3.63, 3.8) is 0 Å². The third kappa shape index (κ3) is 6.55. The number of esters is 1. The molecule has 178 valence electrons. The first-order chi connectivity index (χ1) is 15.3. The smallest absolute Gasteiger partial charge is 0.329 e. The first kappa shape index (κ1) is 26.4. The largest absolute Gasteiger partial charge is 1.00 e. The molecule has 1 fully saturated rings. The Morgan fingerprint density at radius 3 is 2.33 bits per heavy atom. The first-order valence-electron chi connectivity index (χ1n) is 11.0. The number of hydrogen-bond donors (Lipinski definition) is 2. The fraction of sp³-hybridized carbons (Fsp3) is 0.400. The normalized spacial score (nSPS) is 17.9. The van der Waals surface area contributed by atoms with Crippen molar-refractivity contribution in [3.05, 3.63) is 71.8 Å². The van der Waals surface area contributed by atoms with E-state index in [2.05, 4.69) is 5.32 Å². The summed E-state index contributed by atoms with van der Waals surface area (Å²) in [5.41, 5.74) is 6.52. The Bertz CT molecular complexity index is 937. The molecule has 3 rings (SSSR count). The fourth-order valence-electron chi connectivity index (χ4n) is 3.66. The third-order valence-corrected chi connectivity index (χ3v) is 5.94. The van der Waals surface area contributed by atoms with Gasteiger partial charge in [-0.05, 0) is 37.3 Å². The molecule has 0 unspecified atom stereocenters. The minimum atomic E-state index is -1.10. The molecule has 0 aliphatic carbocycles. The molecule has 1 aliphatic rings. The van der Waals surface area contributed by atoms with Gasteiger partial charge in [0.2, 0.25) is 5.91 Å². The van der Waals surface area contributed by atoms with E-state index in [-0.39, 0.29) is 24.9 Å². The van der Waals surface area contributed by atoms with Gasteiger partial charge in [-0.1, -0.05) is 67.6 Å². The Kier molecular flexibility index (Phi) is 9.44. The molecule has 0 aromatic heterocycles. The van der Waals surface area contributed by atoms with Crippen LogP contribution in [0.15, 0.2) is 60.7 Å². The number of halogens is 1. The summed E-state index contributed by atoms with van der Waals surface area (Å²) in [4.78, 5) is 40.6. The second kappa shape index (κ2) is 11.8. The summed E-state index contributed by atoms with van der Waals surface area (Å²) in [6.07, 6.45) is 1.64. The lowest BCUT2D eigenvalue weighted by molar-refractivity contribution is -0.155. The summed E-state index contributed by atoms with van der Waals surface area (Å²) in [5, 5.41) is 2.81. The molecule has 0 bridgehead atoms. The molecule has 33 heavy (non-hydrogen) atoms. The van der Waals surface area contributed by atoms with Gasteiger partial charge in [-0.25, -0.2) is 4.79 Å². The van der Waals surface area contributed by atoms with Crippen LogP contribution in [-0.4, -0.2) is 40.8 Å². The van der Waals surface area contributed by atoms with E-state index in [1.807, 2.05) is 43.3 Å². The van der Waals surface area contributed by atoms with Crippen LogP contribution in [-0.2, 0) is 25.7 Å². The van der Waals surface area contributed by atoms with Gasteiger partial charge in [0.25, 0.3) is 5.91 Å². The van der Waals surface area contributed by atoms with Crippen LogP contribution in [0.3, 0.4) is 0 Å². The summed E-state index contributed by atoms with van der Waals surface area (Å²) in [6.45, 7) is 4.03. The molecule has 2 amide bonds. The maximum absolute atomic E-state index is 13.5. The number of nitrogens with zero attached hydrogens (tertiary/aromatic N) is 1. The van der Waals surface area contributed by atoms with Crippen molar-refractivity contribution in [1.29, 1.82) is 0 Å². The van der Waals surface area contributed by atoms with Crippen molar-refractivity contribution in [1.82, 2.24) is 10.2 Å². The minimum absolute atomic E-state index is 0. The van der Waals surface area contributed by atoms with Crippen molar-refractivity contribution in [3.8, 4) is 0 Å². The Balaban J connectivity index is 0.00000385. The molecule has 1 saturated heterocycles. The average Bonchev–Trinajstić information content (AvgIpc) is 3.31. The molecular weight excluding hydrogens is 442 g/mol. The molecule has 3 atom stereocenters. The van der Waals surface area contributed by atoms with Gasteiger partial charge < -0.3 is 33.1 Å². The molecule has 7 nitrogen and oxygen atoms in total. The van der Waals surface area contributed by atoms with Gasteiger partial charge in [0.1, 0.15) is 18.7 Å². The molecule has 0 saturated carbocycles. The van der Waals surface area contributed by atoms with E-state index >= 15 is 0 Å². The lowest BCUT2D eigenvalue weighted by atomic mass is 9.97. The quantitative estimate of drug-likeness (QED) is 0.514. The lowest BCUT2D eigenvalue weighted by Crippen LogP contribution is -3.00. The average molecular weight is 473 g/mol. The van der Waals surface area contributed by atoms with Crippen LogP contribution >= 0.6 is 0 Å². The zero-order valence-electron chi connectivity index (χ0n) is 19.0. The summed E-state index contributed by atoms with van der Waals surface area (Å²) in [7, 11) is 0.